The average molecular weight is 414 g/mol. The first-order valence-electron chi connectivity index (χ1n) is 8.60. The third kappa shape index (κ3) is 4.73. The quantitative estimate of drug-likeness (QED) is 0.416. The van der Waals surface area contributed by atoms with E-state index in [1.165, 1.54) is 17.6 Å². The molecular weight excluding hydrogens is 395 g/mol. The first-order chi connectivity index (χ1) is 13.9. The Morgan fingerprint density at radius 1 is 1.24 bits per heavy atom. The van der Waals surface area contributed by atoms with Gasteiger partial charge in [-0.1, -0.05) is 0 Å². The Kier molecular flexibility index (Phi) is 6.15. The highest BCUT2D eigenvalue weighted by molar-refractivity contribution is 7.10. The number of nitrogens with one attached hydrogen (secondary N) is 2. The maximum Gasteiger partial charge on any atom is 0.250 e. The largest absolute Gasteiger partial charge is 0.372 e. The van der Waals surface area contributed by atoms with E-state index in [0.29, 0.717) is 16.9 Å². The summed E-state index contributed by atoms with van der Waals surface area (Å²) in [5.74, 6) is -1.53. The number of aromatic nitrogens is 2. The Morgan fingerprint density at radius 2 is 1.97 bits per heavy atom. The number of carbonyl (C=O) groups excluding carboxylic acids is 2. The van der Waals surface area contributed by atoms with E-state index < -0.39 is 23.8 Å². The average Bonchev–Trinajstić information content (AvgIpc) is 3.12. The van der Waals surface area contributed by atoms with Crippen molar-refractivity contribution in [3.8, 4) is 0 Å². The van der Waals surface area contributed by atoms with Gasteiger partial charge in [-0.3, -0.25) is 9.78 Å². The SMILES string of the molecule is Cc1cc(Nc2cc(NC(C=O)C(N)c3ccncc3)c(F)cc2C(N)=O)sn1. The highest BCUT2D eigenvalue weighted by atomic mass is 32.1. The van der Waals surface area contributed by atoms with Crippen LogP contribution in [0.25, 0.3) is 0 Å². The molecule has 1 aromatic carbocycles. The van der Waals surface area contributed by atoms with E-state index in [1.807, 2.05) is 6.92 Å². The summed E-state index contributed by atoms with van der Waals surface area (Å²) in [6.07, 6.45) is 3.71. The highest BCUT2D eigenvalue weighted by Crippen LogP contribution is 2.30. The zero-order valence-corrected chi connectivity index (χ0v) is 16.2. The van der Waals surface area contributed by atoms with Gasteiger partial charge in [-0.15, -0.1) is 0 Å². The van der Waals surface area contributed by atoms with Crippen molar-refractivity contribution in [2.45, 2.75) is 19.0 Å². The van der Waals surface area contributed by atoms with Crippen LogP contribution in [0.3, 0.4) is 0 Å². The van der Waals surface area contributed by atoms with Gasteiger partial charge >= 0.3 is 0 Å². The lowest BCUT2D eigenvalue weighted by Gasteiger charge is -2.22. The van der Waals surface area contributed by atoms with Crippen molar-refractivity contribution in [2.75, 3.05) is 10.6 Å². The lowest BCUT2D eigenvalue weighted by molar-refractivity contribution is -0.108. The Bertz CT molecular complexity index is 1030. The number of pyridine rings is 1. The highest BCUT2D eigenvalue weighted by Gasteiger charge is 2.22. The smallest absolute Gasteiger partial charge is 0.250 e. The zero-order valence-electron chi connectivity index (χ0n) is 15.4. The fourth-order valence-corrected chi connectivity index (χ4v) is 3.40. The number of aryl methyl sites for hydroxylation is 1. The van der Waals surface area contributed by atoms with Gasteiger partial charge in [0.05, 0.1) is 28.7 Å². The second-order valence-corrected chi connectivity index (χ2v) is 7.12. The molecule has 1 amide bonds. The van der Waals surface area contributed by atoms with Crippen molar-refractivity contribution in [1.82, 2.24) is 9.36 Å². The standard InChI is InChI=1S/C19H19FN6O2S/c1-10-6-17(29-26-10)25-14-8-15(13(20)7-12(14)19(22)28)24-16(9-27)18(21)11-2-4-23-5-3-11/h2-9,16,18,24-25H,21H2,1H3,(H2,22,28). The fraction of sp³-hybridized carbons (Fsp3) is 0.158. The van der Waals surface area contributed by atoms with Crippen molar-refractivity contribution in [2.24, 2.45) is 11.5 Å². The minimum atomic E-state index is -0.912. The van der Waals surface area contributed by atoms with Gasteiger partial charge in [0, 0.05) is 12.4 Å². The number of halogens is 1. The van der Waals surface area contributed by atoms with Crippen molar-refractivity contribution in [3.05, 3.63) is 65.4 Å². The molecule has 0 saturated carbocycles. The summed E-state index contributed by atoms with van der Waals surface area (Å²) in [5, 5.41) is 6.47. The number of aldehydes is 1. The van der Waals surface area contributed by atoms with Crippen molar-refractivity contribution in [1.29, 1.82) is 0 Å². The molecule has 10 heteroatoms. The number of anilines is 3. The number of carbonyl (C=O) groups is 2. The maximum atomic E-state index is 14.6. The molecule has 2 atom stereocenters. The maximum absolute atomic E-state index is 14.6. The normalized spacial score (nSPS) is 12.8. The van der Waals surface area contributed by atoms with Crippen LogP contribution >= 0.6 is 11.5 Å². The second-order valence-electron chi connectivity index (χ2n) is 6.31. The van der Waals surface area contributed by atoms with Crippen molar-refractivity contribution < 1.29 is 14.0 Å². The molecule has 29 heavy (non-hydrogen) atoms. The molecule has 0 aliphatic heterocycles. The molecule has 0 aliphatic rings. The molecule has 0 saturated heterocycles. The predicted molar refractivity (Wildman–Crippen MR) is 110 cm³/mol. The summed E-state index contributed by atoms with van der Waals surface area (Å²) in [7, 11) is 0. The van der Waals surface area contributed by atoms with Crippen LogP contribution in [0.5, 0.6) is 0 Å². The van der Waals surface area contributed by atoms with Crippen LogP contribution in [0.2, 0.25) is 0 Å². The lowest BCUT2D eigenvalue weighted by Crippen LogP contribution is -2.35. The van der Waals surface area contributed by atoms with Gasteiger partial charge in [0.25, 0.3) is 5.91 Å². The molecule has 0 fully saturated rings. The van der Waals surface area contributed by atoms with E-state index in [0.717, 1.165) is 11.8 Å². The van der Waals surface area contributed by atoms with Gasteiger partial charge in [-0.2, -0.15) is 4.37 Å². The van der Waals surface area contributed by atoms with E-state index in [9.17, 15) is 14.0 Å². The number of rotatable bonds is 8. The number of nitrogens with two attached hydrogens (primary N) is 2. The first kappa shape index (κ1) is 20.4. The van der Waals surface area contributed by atoms with Gasteiger partial charge in [0.15, 0.2) is 0 Å². The van der Waals surface area contributed by atoms with E-state index in [-0.39, 0.29) is 16.9 Å². The van der Waals surface area contributed by atoms with Crippen LogP contribution in [0.1, 0.15) is 27.7 Å². The van der Waals surface area contributed by atoms with Gasteiger partial charge in [-0.25, -0.2) is 4.39 Å². The fourth-order valence-electron chi connectivity index (χ4n) is 2.73. The Labute approximate surface area is 170 Å². The van der Waals surface area contributed by atoms with Gasteiger partial charge in [0.2, 0.25) is 0 Å². The molecule has 0 aliphatic carbocycles. The molecule has 2 aromatic heterocycles. The van der Waals surface area contributed by atoms with Crippen LogP contribution in [0, 0.1) is 12.7 Å². The third-order valence-corrected chi connectivity index (χ3v) is 5.00. The summed E-state index contributed by atoms with van der Waals surface area (Å²) >= 11 is 1.19. The van der Waals surface area contributed by atoms with Crippen LogP contribution in [-0.4, -0.2) is 27.6 Å². The van der Waals surface area contributed by atoms with Crippen molar-refractivity contribution >= 4 is 40.1 Å². The molecule has 0 radical (unpaired) electrons. The van der Waals surface area contributed by atoms with Gasteiger partial charge in [0.1, 0.15) is 23.1 Å². The molecular formula is C19H19FN6O2S. The third-order valence-electron chi connectivity index (χ3n) is 4.21. The summed E-state index contributed by atoms with van der Waals surface area (Å²) in [5.41, 5.74) is 13.2. The molecule has 2 heterocycles. The Hall–Kier alpha value is -3.37. The summed E-state index contributed by atoms with van der Waals surface area (Å²) < 4.78 is 18.8. The number of benzene rings is 1. The van der Waals surface area contributed by atoms with E-state index in [4.69, 9.17) is 11.5 Å². The predicted octanol–water partition coefficient (Wildman–Crippen LogP) is 2.51. The van der Waals surface area contributed by atoms with E-state index in [2.05, 4.69) is 20.0 Å². The van der Waals surface area contributed by atoms with Gasteiger partial charge < -0.3 is 26.9 Å². The number of primary amides is 1. The van der Waals surface area contributed by atoms with Crippen LogP contribution in [-0.2, 0) is 4.79 Å². The minimum Gasteiger partial charge on any atom is -0.372 e. The van der Waals surface area contributed by atoms with Crippen LogP contribution < -0.4 is 22.1 Å². The van der Waals surface area contributed by atoms with Crippen molar-refractivity contribution in [3.63, 3.8) is 0 Å². The summed E-state index contributed by atoms with van der Waals surface area (Å²) in [4.78, 5) is 27.3. The van der Waals surface area contributed by atoms with E-state index >= 15 is 0 Å². The number of hydrogen-bond donors (Lipinski definition) is 4. The van der Waals surface area contributed by atoms with Crippen LogP contribution in [0.4, 0.5) is 20.8 Å². The van der Waals surface area contributed by atoms with Crippen LogP contribution in [0.15, 0.2) is 42.7 Å². The Balaban J connectivity index is 1.92. The zero-order chi connectivity index (χ0) is 21.0. The number of hydrogen-bond acceptors (Lipinski definition) is 8. The monoisotopic (exact) mass is 414 g/mol. The number of amides is 1. The molecule has 0 spiro atoms. The molecule has 150 valence electrons. The lowest BCUT2D eigenvalue weighted by atomic mass is 10.0. The van der Waals surface area contributed by atoms with Gasteiger partial charge in [-0.05, 0) is 54.4 Å². The first-order valence-corrected chi connectivity index (χ1v) is 9.37. The summed E-state index contributed by atoms with van der Waals surface area (Å²) in [6, 6.07) is 5.87. The molecule has 2 unspecified atom stereocenters. The topological polar surface area (TPSA) is 136 Å². The molecule has 8 nitrogen and oxygen atoms in total. The molecule has 0 bridgehead atoms. The Morgan fingerprint density at radius 3 is 2.55 bits per heavy atom. The second kappa shape index (κ2) is 8.76. The van der Waals surface area contributed by atoms with E-state index in [1.54, 1.807) is 30.6 Å². The molecule has 3 aromatic rings. The number of nitrogens with zero attached hydrogens (tertiary/aromatic N) is 2. The minimum absolute atomic E-state index is 0.000318. The molecule has 3 rings (SSSR count). The molecule has 6 N–H and O–H groups in total. The summed E-state index contributed by atoms with van der Waals surface area (Å²) in [6.45, 7) is 1.82.